The van der Waals surface area contributed by atoms with Gasteiger partial charge in [0.2, 0.25) is 0 Å². The van der Waals surface area contributed by atoms with E-state index in [1.54, 1.807) is 14.2 Å². The van der Waals surface area contributed by atoms with Gasteiger partial charge in [-0.2, -0.15) is 0 Å². The second-order valence-electron chi connectivity index (χ2n) is 5.80. The van der Waals surface area contributed by atoms with Gasteiger partial charge in [-0.25, -0.2) is 0 Å². The maximum absolute atomic E-state index is 5.41. The van der Waals surface area contributed by atoms with Gasteiger partial charge in [0.05, 0.1) is 14.2 Å². The normalized spacial score (nSPS) is 21.0. The average Bonchev–Trinajstić information content (AvgIpc) is 2.54. The quantitative estimate of drug-likeness (QED) is 0.874. The van der Waals surface area contributed by atoms with Crippen molar-refractivity contribution in [1.29, 1.82) is 0 Å². The van der Waals surface area contributed by atoms with E-state index in [-0.39, 0.29) is 0 Å². The van der Waals surface area contributed by atoms with E-state index in [9.17, 15) is 0 Å². The van der Waals surface area contributed by atoms with Crippen molar-refractivity contribution in [3.8, 4) is 11.5 Å². The van der Waals surface area contributed by atoms with Crippen molar-refractivity contribution < 1.29 is 9.47 Å². The fourth-order valence-electron chi connectivity index (χ4n) is 3.19. The van der Waals surface area contributed by atoms with Gasteiger partial charge in [0, 0.05) is 18.6 Å². The van der Waals surface area contributed by atoms with Gasteiger partial charge >= 0.3 is 0 Å². The molecule has 1 aliphatic heterocycles. The van der Waals surface area contributed by atoms with Crippen molar-refractivity contribution in [2.24, 2.45) is 0 Å². The van der Waals surface area contributed by atoms with E-state index in [2.05, 4.69) is 29.3 Å². The van der Waals surface area contributed by atoms with Crippen LogP contribution in [0.2, 0.25) is 0 Å². The predicted molar refractivity (Wildman–Crippen MR) is 86.1 cm³/mol. The second kappa shape index (κ2) is 7.66. The van der Waals surface area contributed by atoms with Gasteiger partial charge in [-0.15, -0.1) is 0 Å². The minimum Gasteiger partial charge on any atom is -0.493 e. The first kappa shape index (κ1) is 16.1. The molecule has 0 spiro atoms. The van der Waals surface area contributed by atoms with Gasteiger partial charge < -0.3 is 14.8 Å². The van der Waals surface area contributed by atoms with E-state index < -0.39 is 0 Å². The number of piperidine rings is 1. The third-order valence-corrected chi connectivity index (χ3v) is 4.53. The standard InChI is InChI=1S/C17H28N2O2/c1-13(18-2)15-7-5-6-10-19(15)12-14-8-9-16(20-3)17(11-14)21-4/h8-9,11,13,15,18H,5-7,10,12H2,1-4H3. The van der Waals surface area contributed by atoms with E-state index in [4.69, 9.17) is 9.47 Å². The topological polar surface area (TPSA) is 33.7 Å². The molecule has 2 rings (SSSR count). The van der Waals surface area contributed by atoms with Crippen molar-refractivity contribution >= 4 is 0 Å². The predicted octanol–water partition coefficient (Wildman–Crippen LogP) is 2.67. The molecule has 21 heavy (non-hydrogen) atoms. The molecule has 1 aromatic rings. The number of ether oxygens (including phenoxy) is 2. The molecule has 2 atom stereocenters. The molecule has 0 aromatic heterocycles. The molecule has 2 unspecified atom stereocenters. The highest BCUT2D eigenvalue weighted by atomic mass is 16.5. The molecule has 1 heterocycles. The van der Waals surface area contributed by atoms with Gasteiger partial charge in [0.1, 0.15) is 0 Å². The SMILES string of the molecule is CNC(C)C1CCCCN1Cc1ccc(OC)c(OC)c1. The Bertz CT molecular complexity index is 450. The Hall–Kier alpha value is -1.26. The molecule has 118 valence electrons. The summed E-state index contributed by atoms with van der Waals surface area (Å²) in [6.45, 7) is 4.42. The average molecular weight is 292 g/mol. The van der Waals surface area contributed by atoms with Crippen LogP contribution in [0.15, 0.2) is 18.2 Å². The number of methoxy groups -OCH3 is 2. The Morgan fingerprint density at radius 1 is 1.24 bits per heavy atom. The van der Waals surface area contributed by atoms with Gasteiger partial charge in [-0.3, -0.25) is 4.90 Å². The molecule has 0 amide bonds. The minimum absolute atomic E-state index is 0.519. The Balaban J connectivity index is 2.11. The fraction of sp³-hybridized carbons (Fsp3) is 0.647. The molecule has 1 aromatic carbocycles. The lowest BCUT2D eigenvalue weighted by Gasteiger charge is -2.39. The number of likely N-dealkylation sites (N-methyl/N-ethyl adjacent to an activating group) is 1. The second-order valence-corrected chi connectivity index (χ2v) is 5.80. The Morgan fingerprint density at radius 2 is 2.00 bits per heavy atom. The highest BCUT2D eigenvalue weighted by Crippen LogP contribution is 2.29. The van der Waals surface area contributed by atoms with E-state index in [0.717, 1.165) is 18.0 Å². The molecular weight excluding hydrogens is 264 g/mol. The van der Waals surface area contributed by atoms with Crippen molar-refractivity contribution in [1.82, 2.24) is 10.2 Å². The maximum Gasteiger partial charge on any atom is 0.161 e. The smallest absolute Gasteiger partial charge is 0.161 e. The summed E-state index contributed by atoms with van der Waals surface area (Å²) in [7, 11) is 5.41. The van der Waals surface area contributed by atoms with Crippen molar-refractivity contribution in [2.45, 2.75) is 44.8 Å². The zero-order valence-corrected chi connectivity index (χ0v) is 13.7. The van der Waals surface area contributed by atoms with Crippen LogP contribution < -0.4 is 14.8 Å². The van der Waals surface area contributed by atoms with Crippen molar-refractivity contribution in [2.75, 3.05) is 27.8 Å². The lowest BCUT2D eigenvalue weighted by Crippen LogP contribution is -2.49. The number of rotatable bonds is 6. The first-order chi connectivity index (χ1) is 10.2. The Labute approximate surface area is 128 Å². The molecule has 1 saturated heterocycles. The summed E-state index contributed by atoms with van der Waals surface area (Å²) in [6.07, 6.45) is 3.90. The van der Waals surface area contributed by atoms with Crippen LogP contribution in [0, 0.1) is 0 Å². The minimum atomic E-state index is 0.519. The zero-order valence-electron chi connectivity index (χ0n) is 13.7. The summed E-state index contributed by atoms with van der Waals surface area (Å²) in [4.78, 5) is 2.59. The zero-order chi connectivity index (χ0) is 15.2. The molecule has 0 radical (unpaired) electrons. The summed E-state index contributed by atoms with van der Waals surface area (Å²) in [6, 6.07) is 7.35. The Kier molecular flexibility index (Phi) is 5.88. The van der Waals surface area contributed by atoms with Crippen LogP contribution >= 0.6 is 0 Å². The lowest BCUT2D eigenvalue weighted by molar-refractivity contribution is 0.114. The molecule has 1 N–H and O–H groups in total. The van der Waals surface area contributed by atoms with Crippen LogP contribution in [0.5, 0.6) is 11.5 Å². The summed E-state index contributed by atoms with van der Waals surface area (Å²) < 4.78 is 10.7. The number of nitrogens with one attached hydrogen (secondary N) is 1. The van der Waals surface area contributed by atoms with Gasteiger partial charge in [-0.1, -0.05) is 12.5 Å². The lowest BCUT2D eigenvalue weighted by atomic mass is 9.96. The van der Waals surface area contributed by atoms with Crippen LogP contribution in [0.4, 0.5) is 0 Å². The number of hydrogen-bond acceptors (Lipinski definition) is 4. The fourth-order valence-corrected chi connectivity index (χ4v) is 3.19. The van der Waals surface area contributed by atoms with E-state index in [1.165, 1.54) is 31.4 Å². The number of benzene rings is 1. The molecule has 0 aliphatic carbocycles. The van der Waals surface area contributed by atoms with Crippen LogP contribution in [0.1, 0.15) is 31.7 Å². The first-order valence-corrected chi connectivity index (χ1v) is 7.81. The monoisotopic (exact) mass is 292 g/mol. The summed E-state index contributed by atoms with van der Waals surface area (Å²) in [5, 5.41) is 3.40. The van der Waals surface area contributed by atoms with Crippen molar-refractivity contribution in [3.63, 3.8) is 0 Å². The molecule has 4 nitrogen and oxygen atoms in total. The maximum atomic E-state index is 5.41. The van der Waals surface area contributed by atoms with Gasteiger partial charge in [-0.05, 0) is 51.1 Å². The molecule has 4 heteroatoms. The van der Waals surface area contributed by atoms with E-state index in [1.807, 2.05) is 13.1 Å². The third-order valence-electron chi connectivity index (χ3n) is 4.53. The molecule has 1 aliphatic rings. The van der Waals surface area contributed by atoms with Crippen LogP contribution in [0.3, 0.4) is 0 Å². The molecule has 0 bridgehead atoms. The molecule has 1 fully saturated rings. The van der Waals surface area contributed by atoms with E-state index >= 15 is 0 Å². The van der Waals surface area contributed by atoms with Gasteiger partial charge in [0.15, 0.2) is 11.5 Å². The summed E-state index contributed by atoms with van der Waals surface area (Å²) in [5.41, 5.74) is 1.28. The molecular formula is C17H28N2O2. The van der Waals surface area contributed by atoms with Crippen LogP contribution in [0.25, 0.3) is 0 Å². The van der Waals surface area contributed by atoms with E-state index in [0.29, 0.717) is 12.1 Å². The van der Waals surface area contributed by atoms with Crippen LogP contribution in [-0.4, -0.2) is 44.8 Å². The summed E-state index contributed by atoms with van der Waals surface area (Å²) in [5.74, 6) is 1.60. The van der Waals surface area contributed by atoms with Gasteiger partial charge in [0.25, 0.3) is 0 Å². The Morgan fingerprint density at radius 3 is 2.67 bits per heavy atom. The van der Waals surface area contributed by atoms with Crippen molar-refractivity contribution in [3.05, 3.63) is 23.8 Å². The molecule has 0 saturated carbocycles. The first-order valence-electron chi connectivity index (χ1n) is 7.81. The third kappa shape index (κ3) is 3.89. The van der Waals surface area contributed by atoms with Crippen LogP contribution in [-0.2, 0) is 6.54 Å². The summed E-state index contributed by atoms with van der Waals surface area (Å²) >= 11 is 0. The number of hydrogen-bond donors (Lipinski definition) is 1. The highest BCUT2D eigenvalue weighted by Gasteiger charge is 2.26. The largest absolute Gasteiger partial charge is 0.493 e. The number of nitrogens with zero attached hydrogens (tertiary/aromatic N) is 1. The highest BCUT2D eigenvalue weighted by molar-refractivity contribution is 5.42. The number of likely N-dealkylation sites (tertiary alicyclic amines) is 1.